The van der Waals surface area contributed by atoms with Crippen LogP contribution in [0.3, 0.4) is 0 Å². The smallest absolute Gasteiger partial charge is 0.399 e. The number of nitrogens with two attached hydrogens (primary N) is 1. The number of hydrogen-bond acceptors (Lipinski definition) is 4. The third kappa shape index (κ3) is 3.12. The summed E-state index contributed by atoms with van der Waals surface area (Å²) < 4.78 is 79.6. The second kappa shape index (κ2) is 6.36. The van der Waals surface area contributed by atoms with Crippen molar-refractivity contribution in [2.75, 3.05) is 5.73 Å². The molecule has 13 heteroatoms. The van der Waals surface area contributed by atoms with Gasteiger partial charge in [-0.15, -0.1) is 0 Å². The van der Waals surface area contributed by atoms with E-state index in [-0.39, 0.29) is 21.8 Å². The predicted molar refractivity (Wildman–Crippen MR) is 96.4 cm³/mol. The first-order valence-electron chi connectivity index (χ1n) is 8.03. The van der Waals surface area contributed by atoms with Crippen molar-refractivity contribution >= 4 is 39.4 Å². The molecule has 4 rings (SSSR count). The number of aromatic amines is 1. The number of nitrogens with zero attached hydrogens (tertiary/aromatic N) is 3. The fraction of sp³-hybridized carbons (Fsp3) is 0.118. The predicted octanol–water partition coefficient (Wildman–Crippen LogP) is 4.54. The van der Waals surface area contributed by atoms with E-state index in [0.717, 1.165) is 6.07 Å². The Labute approximate surface area is 166 Å². The number of fused-ring (bicyclic) bond motifs is 3. The fourth-order valence-electron chi connectivity index (χ4n) is 2.96. The summed E-state index contributed by atoms with van der Waals surface area (Å²) in [6.45, 7) is 0. The normalized spacial score (nSPS) is 12.8. The van der Waals surface area contributed by atoms with Crippen LogP contribution in [0.2, 0.25) is 5.02 Å². The van der Waals surface area contributed by atoms with Gasteiger partial charge in [-0.25, -0.2) is 9.97 Å². The Bertz CT molecular complexity index is 1370. The number of pyridine rings is 2. The Morgan fingerprint density at radius 1 is 1.00 bits per heavy atom. The zero-order valence-corrected chi connectivity index (χ0v) is 15.1. The standard InChI is InChI=1S/C17H8ClF6N5O/c18-8-5-6(25)1-3-9(8)29-13-7(2-4-10(26-13)16(19,20)21)11-12(14(29)30)28-15(27-11)17(22,23)24/h1-5H,25H2,(H,27,28). The van der Waals surface area contributed by atoms with Crippen molar-refractivity contribution in [3.63, 3.8) is 0 Å². The molecule has 0 saturated heterocycles. The maximum absolute atomic E-state index is 13.2. The molecule has 4 aromatic rings. The molecule has 3 N–H and O–H groups in total. The maximum Gasteiger partial charge on any atom is 0.449 e. The second-order valence-electron chi connectivity index (χ2n) is 6.22. The number of imidazole rings is 1. The topological polar surface area (TPSA) is 89.6 Å². The molecule has 0 atom stereocenters. The number of benzene rings is 1. The minimum Gasteiger partial charge on any atom is -0.399 e. The Hall–Kier alpha value is -3.28. The van der Waals surface area contributed by atoms with Crippen LogP contribution in [0.1, 0.15) is 11.5 Å². The molecule has 0 aliphatic rings. The summed E-state index contributed by atoms with van der Waals surface area (Å²) in [4.78, 5) is 21.7. The number of rotatable bonds is 1. The van der Waals surface area contributed by atoms with E-state index < -0.39 is 46.1 Å². The van der Waals surface area contributed by atoms with Crippen LogP contribution in [-0.2, 0) is 12.4 Å². The largest absolute Gasteiger partial charge is 0.449 e. The molecule has 0 spiro atoms. The van der Waals surface area contributed by atoms with Gasteiger partial charge in [0.1, 0.15) is 11.3 Å². The highest BCUT2D eigenvalue weighted by Crippen LogP contribution is 2.34. The van der Waals surface area contributed by atoms with E-state index in [4.69, 9.17) is 17.3 Å². The number of halogens is 7. The molecule has 0 unspecified atom stereocenters. The van der Waals surface area contributed by atoms with Gasteiger partial charge in [-0.2, -0.15) is 26.3 Å². The molecule has 156 valence electrons. The summed E-state index contributed by atoms with van der Waals surface area (Å²) in [6.07, 6.45) is -9.78. The van der Waals surface area contributed by atoms with Gasteiger partial charge in [0.25, 0.3) is 5.56 Å². The first-order chi connectivity index (χ1) is 13.9. The highest BCUT2D eigenvalue weighted by Gasteiger charge is 2.37. The lowest BCUT2D eigenvalue weighted by Crippen LogP contribution is -2.22. The molecule has 1 aromatic carbocycles. The Kier molecular flexibility index (Phi) is 4.24. The van der Waals surface area contributed by atoms with Crippen molar-refractivity contribution in [1.82, 2.24) is 19.5 Å². The number of nitrogens with one attached hydrogen (secondary N) is 1. The molecule has 30 heavy (non-hydrogen) atoms. The van der Waals surface area contributed by atoms with E-state index in [1.165, 1.54) is 18.2 Å². The van der Waals surface area contributed by atoms with Crippen LogP contribution in [0.4, 0.5) is 32.0 Å². The molecule has 6 nitrogen and oxygen atoms in total. The van der Waals surface area contributed by atoms with Crippen LogP contribution < -0.4 is 11.3 Å². The zero-order valence-electron chi connectivity index (χ0n) is 14.4. The monoisotopic (exact) mass is 447 g/mol. The lowest BCUT2D eigenvalue weighted by Gasteiger charge is -2.14. The molecule has 0 aliphatic carbocycles. The van der Waals surface area contributed by atoms with Crippen molar-refractivity contribution in [1.29, 1.82) is 0 Å². The third-order valence-corrected chi connectivity index (χ3v) is 4.54. The van der Waals surface area contributed by atoms with Gasteiger partial charge in [0.05, 0.1) is 16.2 Å². The molecule has 0 bridgehead atoms. The van der Waals surface area contributed by atoms with Crippen LogP contribution in [-0.4, -0.2) is 19.5 Å². The van der Waals surface area contributed by atoms with Crippen LogP contribution >= 0.6 is 11.6 Å². The van der Waals surface area contributed by atoms with Crippen molar-refractivity contribution < 1.29 is 26.3 Å². The first-order valence-corrected chi connectivity index (χ1v) is 8.41. The van der Waals surface area contributed by atoms with Gasteiger partial charge in [-0.1, -0.05) is 11.6 Å². The van der Waals surface area contributed by atoms with Gasteiger partial charge in [-0.3, -0.25) is 9.36 Å². The number of nitrogen functional groups attached to an aromatic ring is 1. The van der Waals surface area contributed by atoms with Crippen molar-refractivity contribution in [3.05, 3.63) is 57.2 Å². The van der Waals surface area contributed by atoms with Gasteiger partial charge in [0, 0.05) is 11.1 Å². The lowest BCUT2D eigenvalue weighted by molar-refractivity contribution is -0.144. The minimum absolute atomic E-state index is 0.119. The number of aromatic nitrogens is 4. The van der Waals surface area contributed by atoms with E-state index in [2.05, 4.69) is 9.97 Å². The zero-order chi connectivity index (χ0) is 22.0. The summed E-state index contributed by atoms with van der Waals surface area (Å²) in [5, 5.41) is -0.308. The van der Waals surface area contributed by atoms with Gasteiger partial charge >= 0.3 is 12.4 Å². The summed E-state index contributed by atoms with van der Waals surface area (Å²) in [6, 6.07) is 5.30. The number of anilines is 1. The fourth-order valence-corrected chi connectivity index (χ4v) is 3.23. The molecule has 3 aromatic heterocycles. The molecule has 3 heterocycles. The van der Waals surface area contributed by atoms with Crippen LogP contribution in [0, 0.1) is 0 Å². The highest BCUT2D eigenvalue weighted by molar-refractivity contribution is 6.32. The van der Waals surface area contributed by atoms with Crippen LogP contribution in [0.25, 0.3) is 27.8 Å². The van der Waals surface area contributed by atoms with E-state index in [9.17, 15) is 31.1 Å². The Balaban J connectivity index is 2.21. The SMILES string of the molecule is Nc1ccc(-n2c(=O)c3nc(C(F)(F)F)[nH]c3c3ccc(C(F)(F)F)nc32)c(Cl)c1. The highest BCUT2D eigenvalue weighted by atomic mass is 35.5. The van der Waals surface area contributed by atoms with E-state index in [1.54, 1.807) is 0 Å². The maximum atomic E-state index is 13.2. The lowest BCUT2D eigenvalue weighted by atomic mass is 10.2. The number of hydrogen-bond donors (Lipinski definition) is 2. The van der Waals surface area contributed by atoms with Gasteiger partial charge < -0.3 is 10.7 Å². The molecule has 0 fully saturated rings. The van der Waals surface area contributed by atoms with Gasteiger partial charge in [0.15, 0.2) is 5.52 Å². The van der Waals surface area contributed by atoms with Crippen molar-refractivity contribution in [2.24, 2.45) is 0 Å². The minimum atomic E-state index is -4.92. The molecular weight excluding hydrogens is 440 g/mol. The third-order valence-electron chi connectivity index (χ3n) is 4.24. The Morgan fingerprint density at radius 2 is 1.70 bits per heavy atom. The average molecular weight is 448 g/mol. The molecule has 0 radical (unpaired) electrons. The summed E-state index contributed by atoms with van der Waals surface area (Å²) in [5.74, 6) is -1.48. The summed E-state index contributed by atoms with van der Waals surface area (Å²) in [7, 11) is 0. The van der Waals surface area contributed by atoms with Gasteiger partial charge in [0.2, 0.25) is 5.82 Å². The Morgan fingerprint density at radius 3 is 2.30 bits per heavy atom. The molecule has 0 saturated carbocycles. The van der Waals surface area contributed by atoms with Crippen LogP contribution in [0.15, 0.2) is 35.1 Å². The van der Waals surface area contributed by atoms with E-state index in [1.807, 2.05) is 4.98 Å². The average Bonchev–Trinajstić information content (AvgIpc) is 3.08. The molecular formula is C17H8ClF6N5O. The second-order valence-corrected chi connectivity index (χ2v) is 6.63. The van der Waals surface area contributed by atoms with Crippen molar-refractivity contribution in [3.8, 4) is 5.69 Å². The molecule has 0 aliphatic heterocycles. The van der Waals surface area contributed by atoms with Gasteiger partial charge in [-0.05, 0) is 30.3 Å². The van der Waals surface area contributed by atoms with E-state index >= 15 is 0 Å². The van der Waals surface area contributed by atoms with Crippen molar-refractivity contribution in [2.45, 2.75) is 12.4 Å². The van der Waals surface area contributed by atoms with E-state index in [0.29, 0.717) is 10.6 Å². The number of H-pyrrole nitrogens is 1. The quantitative estimate of drug-likeness (QED) is 0.331. The molecule has 0 amide bonds. The first kappa shape index (κ1) is 20.0. The summed E-state index contributed by atoms with van der Waals surface area (Å²) >= 11 is 6.10. The van der Waals surface area contributed by atoms with Crippen LogP contribution in [0.5, 0.6) is 0 Å². The number of alkyl halides is 6. The summed E-state index contributed by atoms with van der Waals surface area (Å²) in [5.41, 5.74) is 1.62.